The van der Waals surface area contributed by atoms with Gasteiger partial charge in [-0.25, -0.2) is 0 Å². The van der Waals surface area contributed by atoms with Crippen LogP contribution in [0.3, 0.4) is 0 Å². The molecule has 3 rings (SSSR count). The highest BCUT2D eigenvalue weighted by atomic mass is 127. The minimum Gasteiger partial charge on any atom is -0.325 e. The number of nitrogens with one attached hydrogen (secondary N) is 1. The van der Waals surface area contributed by atoms with Gasteiger partial charge in [-0.05, 0) is 64.6 Å². The van der Waals surface area contributed by atoms with Crippen LogP contribution in [0.25, 0.3) is 0 Å². The second-order valence-corrected chi connectivity index (χ2v) is 7.21. The Kier molecular flexibility index (Phi) is 6.17. The predicted octanol–water partition coefficient (Wildman–Crippen LogP) is 2.44. The number of amides is 1. The number of hydrogen-bond acceptors (Lipinski definition) is 4. The summed E-state index contributed by atoms with van der Waals surface area (Å²) in [4.78, 5) is 20.8. The summed E-state index contributed by atoms with van der Waals surface area (Å²) in [6.45, 7) is 5.22. The molecule has 0 aliphatic carbocycles. The Morgan fingerprint density at radius 3 is 2.29 bits per heavy atom. The van der Waals surface area contributed by atoms with Crippen molar-refractivity contribution in [2.45, 2.75) is 6.54 Å². The molecule has 1 aliphatic heterocycles. The van der Waals surface area contributed by atoms with Gasteiger partial charge in [0.25, 0.3) is 0 Å². The van der Waals surface area contributed by atoms with Crippen molar-refractivity contribution < 1.29 is 4.79 Å². The maximum atomic E-state index is 12.2. The van der Waals surface area contributed by atoms with Crippen LogP contribution in [0.4, 0.5) is 5.69 Å². The molecule has 1 fully saturated rings. The van der Waals surface area contributed by atoms with E-state index >= 15 is 0 Å². The number of carbonyl (C=O) groups excluding carboxylic acids is 1. The van der Waals surface area contributed by atoms with Crippen LogP contribution in [0.15, 0.2) is 48.8 Å². The first kappa shape index (κ1) is 17.3. The van der Waals surface area contributed by atoms with Crippen LogP contribution < -0.4 is 5.32 Å². The van der Waals surface area contributed by atoms with E-state index in [0.29, 0.717) is 6.54 Å². The van der Waals surface area contributed by atoms with E-state index < -0.39 is 0 Å². The molecule has 5 nitrogen and oxygen atoms in total. The number of anilines is 1. The molecule has 1 aromatic carbocycles. The van der Waals surface area contributed by atoms with Crippen LogP contribution in [-0.2, 0) is 11.3 Å². The average molecular weight is 436 g/mol. The molecule has 1 aliphatic rings. The Morgan fingerprint density at radius 2 is 1.62 bits per heavy atom. The van der Waals surface area contributed by atoms with Crippen molar-refractivity contribution in [3.63, 3.8) is 0 Å². The van der Waals surface area contributed by atoms with Crippen molar-refractivity contribution in [1.82, 2.24) is 14.8 Å². The van der Waals surface area contributed by atoms with Gasteiger partial charge in [0.15, 0.2) is 0 Å². The van der Waals surface area contributed by atoms with Crippen molar-refractivity contribution in [2.24, 2.45) is 0 Å². The molecule has 0 bridgehead atoms. The molecule has 0 spiro atoms. The van der Waals surface area contributed by atoms with Gasteiger partial charge < -0.3 is 5.32 Å². The standard InChI is InChI=1S/C18H21IN4O/c19-16-1-3-17(4-2-16)21-18(24)14-23-11-9-22(10-12-23)13-15-5-7-20-8-6-15/h1-8H,9-14H2,(H,21,24). The van der Waals surface area contributed by atoms with E-state index in [4.69, 9.17) is 0 Å². The summed E-state index contributed by atoms with van der Waals surface area (Å²) in [6.07, 6.45) is 3.67. The lowest BCUT2D eigenvalue weighted by Gasteiger charge is -2.34. The van der Waals surface area contributed by atoms with Crippen molar-refractivity contribution in [3.8, 4) is 0 Å². The zero-order valence-corrected chi connectivity index (χ0v) is 15.6. The monoisotopic (exact) mass is 436 g/mol. The number of pyridine rings is 1. The van der Waals surface area contributed by atoms with Crippen LogP contribution in [0.5, 0.6) is 0 Å². The zero-order valence-electron chi connectivity index (χ0n) is 13.5. The normalized spacial score (nSPS) is 16.0. The molecule has 2 heterocycles. The van der Waals surface area contributed by atoms with Crippen LogP contribution in [-0.4, -0.2) is 53.4 Å². The van der Waals surface area contributed by atoms with Gasteiger partial charge in [-0.1, -0.05) is 0 Å². The Morgan fingerprint density at radius 1 is 1.00 bits per heavy atom. The third-order valence-corrected chi connectivity index (χ3v) is 4.83. The second kappa shape index (κ2) is 8.55. The molecule has 126 valence electrons. The fourth-order valence-corrected chi connectivity index (χ4v) is 3.15. The quantitative estimate of drug-likeness (QED) is 0.732. The Bertz CT molecular complexity index is 654. The van der Waals surface area contributed by atoms with Gasteiger partial charge in [-0.2, -0.15) is 0 Å². The topological polar surface area (TPSA) is 48.5 Å². The average Bonchev–Trinajstić information content (AvgIpc) is 2.60. The minimum atomic E-state index is 0.0544. The Hall–Kier alpha value is -1.51. The lowest BCUT2D eigenvalue weighted by atomic mass is 10.2. The van der Waals surface area contributed by atoms with Crippen LogP contribution in [0, 0.1) is 3.57 Å². The molecule has 0 atom stereocenters. The highest BCUT2D eigenvalue weighted by Crippen LogP contribution is 2.12. The SMILES string of the molecule is O=C(CN1CCN(Cc2ccncc2)CC1)Nc1ccc(I)cc1. The van der Waals surface area contributed by atoms with Crippen LogP contribution >= 0.6 is 22.6 Å². The molecule has 24 heavy (non-hydrogen) atoms. The summed E-state index contributed by atoms with van der Waals surface area (Å²) in [7, 11) is 0. The molecule has 6 heteroatoms. The van der Waals surface area contributed by atoms with E-state index in [9.17, 15) is 4.79 Å². The molecule has 1 aromatic heterocycles. The number of benzene rings is 1. The van der Waals surface area contributed by atoms with E-state index in [1.807, 2.05) is 36.7 Å². The Labute approximate surface area is 156 Å². The number of halogens is 1. The summed E-state index contributed by atoms with van der Waals surface area (Å²) in [6, 6.07) is 12.0. The minimum absolute atomic E-state index is 0.0544. The maximum Gasteiger partial charge on any atom is 0.238 e. The highest BCUT2D eigenvalue weighted by Gasteiger charge is 2.19. The molecule has 1 N–H and O–H groups in total. The van der Waals surface area contributed by atoms with Gasteiger partial charge in [-0.3, -0.25) is 19.6 Å². The zero-order chi connectivity index (χ0) is 16.8. The number of piperazine rings is 1. The summed E-state index contributed by atoms with van der Waals surface area (Å²) < 4.78 is 1.16. The third kappa shape index (κ3) is 5.25. The first-order valence-electron chi connectivity index (χ1n) is 8.08. The number of hydrogen-bond donors (Lipinski definition) is 1. The van der Waals surface area contributed by atoms with E-state index in [0.717, 1.165) is 42.0 Å². The van der Waals surface area contributed by atoms with Crippen molar-refractivity contribution in [3.05, 3.63) is 57.9 Å². The molecule has 1 saturated heterocycles. The van der Waals surface area contributed by atoms with E-state index in [1.54, 1.807) is 0 Å². The largest absolute Gasteiger partial charge is 0.325 e. The number of aromatic nitrogens is 1. The molecule has 2 aromatic rings. The van der Waals surface area contributed by atoms with Crippen molar-refractivity contribution in [1.29, 1.82) is 0 Å². The van der Waals surface area contributed by atoms with Gasteiger partial charge >= 0.3 is 0 Å². The summed E-state index contributed by atoms with van der Waals surface area (Å²) in [5.74, 6) is 0.0544. The van der Waals surface area contributed by atoms with Gasteiger partial charge in [0, 0.05) is 54.4 Å². The van der Waals surface area contributed by atoms with Gasteiger partial charge in [0.2, 0.25) is 5.91 Å². The summed E-state index contributed by atoms with van der Waals surface area (Å²) in [5.41, 5.74) is 2.15. The molecule has 1 amide bonds. The fraction of sp³-hybridized carbons (Fsp3) is 0.333. The van der Waals surface area contributed by atoms with Gasteiger partial charge in [-0.15, -0.1) is 0 Å². The third-order valence-electron chi connectivity index (χ3n) is 4.12. The van der Waals surface area contributed by atoms with Crippen molar-refractivity contribution >= 4 is 34.2 Å². The van der Waals surface area contributed by atoms with E-state index in [2.05, 4.69) is 54.8 Å². The molecule has 0 saturated carbocycles. The smallest absolute Gasteiger partial charge is 0.238 e. The number of rotatable bonds is 5. The lowest BCUT2D eigenvalue weighted by Crippen LogP contribution is -2.48. The summed E-state index contributed by atoms with van der Waals surface area (Å²) in [5, 5.41) is 2.96. The summed E-state index contributed by atoms with van der Waals surface area (Å²) >= 11 is 2.26. The van der Waals surface area contributed by atoms with Crippen LogP contribution in [0.2, 0.25) is 0 Å². The molecular formula is C18H21IN4O. The first-order chi connectivity index (χ1) is 11.7. The first-order valence-corrected chi connectivity index (χ1v) is 9.16. The number of carbonyl (C=O) groups is 1. The van der Waals surface area contributed by atoms with Crippen LogP contribution in [0.1, 0.15) is 5.56 Å². The lowest BCUT2D eigenvalue weighted by molar-refractivity contribution is -0.117. The van der Waals surface area contributed by atoms with Gasteiger partial charge in [0.05, 0.1) is 6.54 Å². The molecular weight excluding hydrogens is 415 g/mol. The number of nitrogens with zero attached hydrogens (tertiary/aromatic N) is 3. The fourth-order valence-electron chi connectivity index (χ4n) is 2.79. The van der Waals surface area contributed by atoms with Crippen molar-refractivity contribution in [2.75, 3.05) is 38.0 Å². The van der Waals surface area contributed by atoms with E-state index in [1.165, 1.54) is 5.56 Å². The van der Waals surface area contributed by atoms with Gasteiger partial charge in [0.1, 0.15) is 0 Å². The maximum absolute atomic E-state index is 12.2. The second-order valence-electron chi connectivity index (χ2n) is 5.96. The van der Waals surface area contributed by atoms with E-state index in [-0.39, 0.29) is 5.91 Å². The predicted molar refractivity (Wildman–Crippen MR) is 104 cm³/mol. The Balaban J connectivity index is 1.41. The molecule has 0 radical (unpaired) electrons. The molecule has 0 unspecified atom stereocenters. The highest BCUT2D eigenvalue weighted by molar-refractivity contribution is 14.1.